The van der Waals surface area contributed by atoms with Crippen LogP contribution in [0.3, 0.4) is 0 Å². The van der Waals surface area contributed by atoms with Gasteiger partial charge in [0.2, 0.25) is 12.1 Å². The van der Waals surface area contributed by atoms with E-state index < -0.39 is 12.1 Å². The summed E-state index contributed by atoms with van der Waals surface area (Å²) in [5.74, 6) is 0. The van der Waals surface area contributed by atoms with Crippen molar-refractivity contribution in [3.8, 4) is 24.3 Å². The summed E-state index contributed by atoms with van der Waals surface area (Å²) in [5.41, 5.74) is 3.09. The summed E-state index contributed by atoms with van der Waals surface area (Å²) in [5, 5.41) is 42.7. The van der Waals surface area contributed by atoms with Gasteiger partial charge in [-0.1, -0.05) is 0 Å². The van der Waals surface area contributed by atoms with Crippen LogP contribution in [-0.4, -0.2) is 51.8 Å². The van der Waals surface area contributed by atoms with Crippen LogP contribution in [0.2, 0.25) is 0 Å². The van der Waals surface area contributed by atoms with E-state index in [1.807, 2.05) is 24.3 Å². The Kier molecular flexibility index (Phi) is 8.97. The molecule has 2 rings (SSSR count). The van der Waals surface area contributed by atoms with Gasteiger partial charge in [0.25, 0.3) is 0 Å². The molecule has 0 spiro atoms. The number of nitriles is 4. The minimum Gasteiger partial charge on any atom is -0.383 e. The topological polar surface area (TPSA) is 160 Å². The molecule has 2 aromatic carbocycles. The summed E-state index contributed by atoms with van der Waals surface area (Å²) in [6.45, 7) is 0.761. The second kappa shape index (κ2) is 12.1. The van der Waals surface area contributed by atoms with E-state index in [-0.39, 0.29) is 0 Å². The number of carbonyl (C=O) groups is 2. The summed E-state index contributed by atoms with van der Waals surface area (Å²) < 4.78 is 0. The Labute approximate surface area is 197 Å². The highest BCUT2D eigenvalue weighted by molar-refractivity contribution is 5.87. The first-order valence-corrected chi connectivity index (χ1v) is 10.1. The van der Waals surface area contributed by atoms with Crippen LogP contribution in [0.5, 0.6) is 0 Å². The van der Waals surface area contributed by atoms with Crippen LogP contribution in [0.25, 0.3) is 0 Å². The van der Waals surface area contributed by atoms with Crippen molar-refractivity contribution in [2.75, 3.05) is 47.6 Å². The fraction of sp³-hybridized carbons (Fsp3) is 0.250. The molecule has 2 aromatic rings. The lowest BCUT2D eigenvalue weighted by Crippen LogP contribution is -2.29. The molecule has 0 aromatic heterocycles. The zero-order chi connectivity index (χ0) is 25.1. The van der Waals surface area contributed by atoms with Gasteiger partial charge in [0.15, 0.2) is 12.6 Å². The van der Waals surface area contributed by atoms with E-state index in [9.17, 15) is 9.59 Å². The summed E-state index contributed by atoms with van der Waals surface area (Å²) in [6, 6.07) is 15.6. The SMILES string of the molecule is CN(c1ccc(C=O)c(NCCNc2cc(N(C)C(C#N)C#N)ccc2C=O)c1)C(C#N)C#N. The van der Waals surface area contributed by atoms with E-state index in [2.05, 4.69) is 10.6 Å². The van der Waals surface area contributed by atoms with Gasteiger partial charge in [-0.2, -0.15) is 21.0 Å². The number of aldehydes is 2. The van der Waals surface area contributed by atoms with Gasteiger partial charge in [-0.25, -0.2) is 0 Å². The monoisotopic (exact) mass is 454 g/mol. The third-order valence-electron chi connectivity index (χ3n) is 5.16. The third kappa shape index (κ3) is 5.79. The predicted octanol–water partition coefficient (Wildman–Crippen LogP) is 2.54. The Hall–Kier alpha value is -5.06. The van der Waals surface area contributed by atoms with Crippen molar-refractivity contribution in [3.63, 3.8) is 0 Å². The quantitative estimate of drug-likeness (QED) is 0.381. The fourth-order valence-corrected chi connectivity index (χ4v) is 3.14. The zero-order valence-corrected chi connectivity index (χ0v) is 18.7. The number of carbonyl (C=O) groups excluding carboxylic acids is 2. The van der Waals surface area contributed by atoms with Gasteiger partial charge in [0, 0.05) is 61.1 Å². The third-order valence-corrected chi connectivity index (χ3v) is 5.16. The molecule has 34 heavy (non-hydrogen) atoms. The van der Waals surface area contributed by atoms with Crippen molar-refractivity contribution in [1.29, 1.82) is 21.0 Å². The van der Waals surface area contributed by atoms with Crippen LogP contribution < -0.4 is 20.4 Å². The number of nitrogens with zero attached hydrogens (tertiary/aromatic N) is 6. The molecule has 10 nitrogen and oxygen atoms in total. The highest BCUT2D eigenvalue weighted by Crippen LogP contribution is 2.25. The largest absolute Gasteiger partial charge is 0.383 e. The molecular formula is C24H22N8O2. The maximum Gasteiger partial charge on any atom is 0.204 e. The normalized spacial score (nSPS) is 9.76. The number of anilines is 4. The Bertz CT molecular complexity index is 1090. The molecule has 0 saturated heterocycles. The van der Waals surface area contributed by atoms with Gasteiger partial charge in [-0.3, -0.25) is 9.59 Å². The van der Waals surface area contributed by atoms with Crippen LogP contribution in [0, 0.1) is 45.3 Å². The van der Waals surface area contributed by atoms with Gasteiger partial charge >= 0.3 is 0 Å². The van der Waals surface area contributed by atoms with Gasteiger partial charge in [-0.05, 0) is 36.4 Å². The van der Waals surface area contributed by atoms with Crippen LogP contribution in [0.4, 0.5) is 22.7 Å². The molecule has 0 aliphatic carbocycles. The predicted molar refractivity (Wildman–Crippen MR) is 127 cm³/mol. The minimum absolute atomic E-state index is 0.380. The first-order valence-electron chi connectivity index (χ1n) is 10.1. The van der Waals surface area contributed by atoms with E-state index >= 15 is 0 Å². The zero-order valence-electron chi connectivity index (χ0n) is 18.7. The van der Waals surface area contributed by atoms with E-state index in [1.54, 1.807) is 50.5 Å². The lowest BCUT2D eigenvalue weighted by Gasteiger charge is -2.22. The highest BCUT2D eigenvalue weighted by Gasteiger charge is 2.16. The Morgan fingerprint density at radius 1 is 0.735 bits per heavy atom. The van der Waals surface area contributed by atoms with Gasteiger partial charge in [0.05, 0.1) is 0 Å². The second-order valence-electron chi connectivity index (χ2n) is 7.18. The fourth-order valence-electron chi connectivity index (χ4n) is 3.14. The molecule has 2 N–H and O–H groups in total. The molecule has 0 bridgehead atoms. The molecule has 0 radical (unpaired) electrons. The molecule has 0 unspecified atom stereocenters. The number of nitrogens with one attached hydrogen (secondary N) is 2. The minimum atomic E-state index is -0.967. The molecule has 0 saturated carbocycles. The van der Waals surface area contributed by atoms with Crippen LogP contribution in [-0.2, 0) is 0 Å². The number of benzene rings is 2. The van der Waals surface area contributed by atoms with Crippen LogP contribution >= 0.6 is 0 Å². The van der Waals surface area contributed by atoms with E-state index in [0.717, 1.165) is 0 Å². The lowest BCUT2D eigenvalue weighted by molar-refractivity contribution is 0.111. The molecule has 0 fully saturated rings. The first-order chi connectivity index (χ1) is 16.4. The number of rotatable bonds is 11. The van der Waals surface area contributed by atoms with Crippen molar-refractivity contribution in [2.24, 2.45) is 0 Å². The van der Waals surface area contributed by atoms with E-state index in [1.165, 1.54) is 9.80 Å². The van der Waals surface area contributed by atoms with Gasteiger partial charge in [-0.15, -0.1) is 0 Å². The van der Waals surface area contributed by atoms with Crippen LogP contribution in [0.1, 0.15) is 20.7 Å². The lowest BCUT2D eigenvalue weighted by atomic mass is 10.1. The maximum absolute atomic E-state index is 11.4. The average molecular weight is 454 g/mol. The average Bonchev–Trinajstić information content (AvgIpc) is 2.87. The maximum atomic E-state index is 11.4. The number of hydrogen-bond acceptors (Lipinski definition) is 10. The van der Waals surface area contributed by atoms with Gasteiger partial charge < -0.3 is 20.4 Å². The van der Waals surface area contributed by atoms with Crippen molar-refractivity contribution in [1.82, 2.24) is 0 Å². The Morgan fingerprint density at radius 3 is 1.38 bits per heavy atom. The molecule has 170 valence electrons. The first kappa shape index (κ1) is 25.2. The second-order valence-corrected chi connectivity index (χ2v) is 7.18. The standard InChI is InChI=1S/C24H22N8O2/c1-31(21(11-25)12-26)19-5-3-17(15-33)23(9-19)29-7-8-30-24-10-20(6-4-18(24)16-34)32(2)22(13-27)14-28/h3-6,9-10,15-16,21-22,29-30H,7-8H2,1-2H3. The van der Waals surface area contributed by atoms with Crippen molar-refractivity contribution < 1.29 is 9.59 Å². The Balaban J connectivity index is 2.13. The molecule has 0 amide bonds. The Morgan fingerprint density at radius 2 is 1.09 bits per heavy atom. The number of hydrogen-bond donors (Lipinski definition) is 2. The van der Waals surface area contributed by atoms with E-state index in [0.29, 0.717) is 59.5 Å². The summed E-state index contributed by atoms with van der Waals surface area (Å²) in [7, 11) is 3.24. The molecule has 0 aliphatic rings. The van der Waals surface area contributed by atoms with Crippen LogP contribution in [0.15, 0.2) is 36.4 Å². The summed E-state index contributed by atoms with van der Waals surface area (Å²) >= 11 is 0. The smallest absolute Gasteiger partial charge is 0.204 e. The van der Waals surface area contributed by atoms with Crippen molar-refractivity contribution in [2.45, 2.75) is 12.1 Å². The van der Waals surface area contributed by atoms with Crippen molar-refractivity contribution >= 4 is 35.3 Å². The summed E-state index contributed by atoms with van der Waals surface area (Å²) in [4.78, 5) is 25.9. The molecular weight excluding hydrogens is 432 g/mol. The van der Waals surface area contributed by atoms with E-state index in [4.69, 9.17) is 21.0 Å². The van der Waals surface area contributed by atoms with Crippen molar-refractivity contribution in [3.05, 3.63) is 47.5 Å². The van der Waals surface area contributed by atoms with Gasteiger partial charge in [0.1, 0.15) is 24.3 Å². The molecule has 0 heterocycles. The molecule has 10 heteroatoms. The molecule has 0 atom stereocenters. The highest BCUT2D eigenvalue weighted by atomic mass is 16.1. The molecule has 0 aliphatic heterocycles. The summed E-state index contributed by atoms with van der Waals surface area (Å²) in [6.07, 6.45) is 1.41.